The Labute approximate surface area is 158 Å². The van der Waals surface area contributed by atoms with Crippen molar-refractivity contribution >= 4 is 5.91 Å². The van der Waals surface area contributed by atoms with Crippen molar-refractivity contribution in [2.75, 3.05) is 13.1 Å². The molecule has 0 spiro atoms. The predicted octanol–water partition coefficient (Wildman–Crippen LogP) is 2.54. The molecule has 0 saturated carbocycles. The number of likely N-dealkylation sites (tertiary alicyclic amines) is 1. The third-order valence-corrected chi connectivity index (χ3v) is 5.24. The van der Waals surface area contributed by atoms with Gasteiger partial charge in [0.05, 0.1) is 6.33 Å². The average Bonchev–Trinajstić information content (AvgIpc) is 3.29. The number of imidazole rings is 2. The van der Waals surface area contributed by atoms with E-state index in [9.17, 15) is 4.79 Å². The Bertz CT molecular complexity index is 921. The molecule has 1 saturated heterocycles. The van der Waals surface area contributed by atoms with Crippen LogP contribution in [0.4, 0.5) is 0 Å². The van der Waals surface area contributed by atoms with Crippen molar-refractivity contribution in [2.24, 2.45) is 13.0 Å². The number of rotatable bonds is 4. The molecule has 7 heteroatoms. The number of nitrogens with zero attached hydrogens (tertiary/aromatic N) is 6. The Hall–Kier alpha value is -2.96. The summed E-state index contributed by atoms with van der Waals surface area (Å²) in [4.78, 5) is 27.5. The molecule has 0 aromatic carbocycles. The summed E-state index contributed by atoms with van der Waals surface area (Å²) < 4.78 is 4.08. The molecule has 0 radical (unpaired) electrons. The van der Waals surface area contributed by atoms with Crippen LogP contribution in [0.3, 0.4) is 0 Å². The van der Waals surface area contributed by atoms with Gasteiger partial charge in [0.15, 0.2) is 0 Å². The SMILES string of the molecule is Cc1cnc(-c2cccnc2)n1CC1CCN(C(=O)c2cn(C)cn2)CC1. The second kappa shape index (κ2) is 7.34. The van der Waals surface area contributed by atoms with Gasteiger partial charge in [-0.2, -0.15) is 0 Å². The zero-order chi connectivity index (χ0) is 18.8. The molecule has 27 heavy (non-hydrogen) atoms. The number of pyridine rings is 1. The van der Waals surface area contributed by atoms with Crippen molar-refractivity contribution in [3.63, 3.8) is 0 Å². The molecule has 0 bridgehead atoms. The fourth-order valence-electron chi connectivity index (χ4n) is 3.68. The monoisotopic (exact) mass is 364 g/mol. The highest BCUT2D eigenvalue weighted by Gasteiger charge is 2.26. The quantitative estimate of drug-likeness (QED) is 0.713. The standard InChI is InChI=1S/C20H24N6O/c1-15-10-22-19(17-4-3-7-21-11-17)26(15)12-16-5-8-25(9-6-16)20(27)18-13-24(2)14-23-18/h3-4,7,10-11,13-14,16H,5-6,8-9,12H2,1-2H3. The molecule has 4 heterocycles. The van der Waals surface area contributed by atoms with Gasteiger partial charge in [0.2, 0.25) is 0 Å². The van der Waals surface area contributed by atoms with E-state index in [1.165, 1.54) is 0 Å². The molecular formula is C20H24N6O. The van der Waals surface area contributed by atoms with Gasteiger partial charge in [-0.1, -0.05) is 0 Å². The number of hydrogen-bond acceptors (Lipinski definition) is 4. The molecule has 0 atom stereocenters. The minimum Gasteiger partial charge on any atom is -0.340 e. The summed E-state index contributed by atoms with van der Waals surface area (Å²) in [5.41, 5.74) is 2.72. The van der Waals surface area contributed by atoms with Gasteiger partial charge in [0, 0.05) is 62.7 Å². The van der Waals surface area contributed by atoms with Crippen LogP contribution in [-0.2, 0) is 13.6 Å². The minimum absolute atomic E-state index is 0.0314. The number of aromatic nitrogens is 5. The van der Waals surface area contributed by atoms with Crippen LogP contribution in [0.1, 0.15) is 29.0 Å². The maximum absolute atomic E-state index is 12.6. The maximum Gasteiger partial charge on any atom is 0.274 e. The number of aryl methyl sites for hydroxylation is 2. The average molecular weight is 364 g/mol. The van der Waals surface area contributed by atoms with E-state index >= 15 is 0 Å². The molecule has 0 aliphatic carbocycles. The van der Waals surface area contributed by atoms with Crippen LogP contribution in [0.25, 0.3) is 11.4 Å². The Kier molecular flexibility index (Phi) is 4.75. The van der Waals surface area contributed by atoms with E-state index in [0.717, 1.165) is 49.6 Å². The number of piperidine rings is 1. The van der Waals surface area contributed by atoms with Crippen molar-refractivity contribution in [3.05, 3.63) is 54.6 Å². The molecule has 4 rings (SSSR count). The second-order valence-corrected chi connectivity index (χ2v) is 7.24. The topological polar surface area (TPSA) is 68.8 Å². The minimum atomic E-state index is 0.0314. The third-order valence-electron chi connectivity index (χ3n) is 5.24. The van der Waals surface area contributed by atoms with E-state index in [4.69, 9.17) is 0 Å². The summed E-state index contributed by atoms with van der Waals surface area (Å²) in [5, 5.41) is 0. The molecule has 3 aromatic heterocycles. The molecule has 0 N–H and O–H groups in total. The maximum atomic E-state index is 12.6. The molecule has 140 valence electrons. The van der Waals surface area contributed by atoms with Gasteiger partial charge >= 0.3 is 0 Å². The van der Waals surface area contributed by atoms with Crippen molar-refractivity contribution in [3.8, 4) is 11.4 Å². The van der Waals surface area contributed by atoms with Gasteiger partial charge in [-0.3, -0.25) is 9.78 Å². The van der Waals surface area contributed by atoms with Gasteiger partial charge < -0.3 is 14.0 Å². The Morgan fingerprint density at radius 2 is 2.04 bits per heavy atom. The Morgan fingerprint density at radius 3 is 2.70 bits per heavy atom. The molecule has 1 amide bonds. The number of carbonyl (C=O) groups is 1. The molecule has 1 fully saturated rings. The highest BCUT2D eigenvalue weighted by Crippen LogP contribution is 2.25. The lowest BCUT2D eigenvalue weighted by molar-refractivity contribution is 0.0677. The number of hydrogen-bond donors (Lipinski definition) is 0. The van der Waals surface area contributed by atoms with E-state index in [1.54, 1.807) is 18.7 Å². The molecule has 3 aromatic rings. The van der Waals surface area contributed by atoms with E-state index in [1.807, 2.05) is 41.0 Å². The van der Waals surface area contributed by atoms with E-state index in [-0.39, 0.29) is 5.91 Å². The fourth-order valence-corrected chi connectivity index (χ4v) is 3.68. The summed E-state index contributed by atoms with van der Waals surface area (Å²) in [5.74, 6) is 1.53. The molecule has 1 aliphatic heterocycles. The Balaban J connectivity index is 1.42. The zero-order valence-electron chi connectivity index (χ0n) is 15.7. The first-order valence-corrected chi connectivity index (χ1v) is 9.31. The zero-order valence-corrected chi connectivity index (χ0v) is 15.7. The Morgan fingerprint density at radius 1 is 1.22 bits per heavy atom. The highest BCUT2D eigenvalue weighted by atomic mass is 16.2. The van der Waals surface area contributed by atoms with Gasteiger partial charge in [-0.05, 0) is 37.8 Å². The van der Waals surface area contributed by atoms with Crippen LogP contribution in [-0.4, -0.2) is 48.0 Å². The van der Waals surface area contributed by atoms with Crippen molar-refractivity contribution in [2.45, 2.75) is 26.3 Å². The van der Waals surface area contributed by atoms with Crippen molar-refractivity contribution in [1.82, 2.24) is 29.0 Å². The van der Waals surface area contributed by atoms with E-state index < -0.39 is 0 Å². The van der Waals surface area contributed by atoms with Gasteiger partial charge in [0.1, 0.15) is 11.5 Å². The fraction of sp³-hybridized carbons (Fsp3) is 0.400. The van der Waals surface area contributed by atoms with Crippen molar-refractivity contribution < 1.29 is 4.79 Å². The normalized spacial score (nSPS) is 15.3. The number of carbonyl (C=O) groups excluding carboxylic acids is 1. The first-order chi connectivity index (χ1) is 13.1. The lowest BCUT2D eigenvalue weighted by Crippen LogP contribution is -2.39. The third kappa shape index (κ3) is 3.63. The van der Waals surface area contributed by atoms with Gasteiger partial charge in [-0.15, -0.1) is 0 Å². The van der Waals surface area contributed by atoms with E-state index in [2.05, 4.69) is 26.4 Å². The smallest absolute Gasteiger partial charge is 0.274 e. The van der Waals surface area contributed by atoms with Gasteiger partial charge in [0.25, 0.3) is 5.91 Å². The molecule has 0 unspecified atom stereocenters. The van der Waals surface area contributed by atoms with E-state index in [0.29, 0.717) is 11.6 Å². The number of amides is 1. The summed E-state index contributed by atoms with van der Waals surface area (Å²) in [7, 11) is 1.88. The summed E-state index contributed by atoms with van der Waals surface area (Å²) in [6.45, 7) is 4.56. The van der Waals surface area contributed by atoms with Crippen LogP contribution >= 0.6 is 0 Å². The van der Waals surface area contributed by atoms with Crippen LogP contribution < -0.4 is 0 Å². The largest absolute Gasteiger partial charge is 0.340 e. The first kappa shape index (κ1) is 17.5. The van der Waals surface area contributed by atoms with Crippen LogP contribution in [0.5, 0.6) is 0 Å². The second-order valence-electron chi connectivity index (χ2n) is 7.24. The summed E-state index contributed by atoms with van der Waals surface area (Å²) in [6, 6.07) is 3.98. The molecule has 1 aliphatic rings. The molecule has 7 nitrogen and oxygen atoms in total. The summed E-state index contributed by atoms with van der Waals surface area (Å²) >= 11 is 0. The lowest BCUT2D eigenvalue weighted by atomic mass is 9.96. The van der Waals surface area contributed by atoms with Crippen LogP contribution in [0, 0.1) is 12.8 Å². The van der Waals surface area contributed by atoms with Gasteiger partial charge in [-0.25, -0.2) is 9.97 Å². The lowest BCUT2D eigenvalue weighted by Gasteiger charge is -2.32. The van der Waals surface area contributed by atoms with Crippen LogP contribution in [0.15, 0.2) is 43.2 Å². The highest BCUT2D eigenvalue weighted by molar-refractivity contribution is 5.92. The summed E-state index contributed by atoms with van der Waals surface area (Å²) in [6.07, 6.45) is 11.0. The van der Waals surface area contributed by atoms with Crippen LogP contribution in [0.2, 0.25) is 0 Å². The predicted molar refractivity (Wildman–Crippen MR) is 102 cm³/mol. The first-order valence-electron chi connectivity index (χ1n) is 9.31. The van der Waals surface area contributed by atoms with Crippen molar-refractivity contribution in [1.29, 1.82) is 0 Å². The molecular weight excluding hydrogens is 340 g/mol.